The van der Waals surface area contributed by atoms with Crippen LogP contribution in [0.1, 0.15) is 100 Å². The Morgan fingerprint density at radius 3 is 2.36 bits per heavy atom. The summed E-state index contributed by atoms with van der Waals surface area (Å²) in [4.78, 5) is 46.3. The molecule has 0 aromatic carbocycles. The average molecular weight is 665 g/mol. The molecule has 5 saturated heterocycles. The zero-order valence-corrected chi connectivity index (χ0v) is 30.3. The molecule has 0 amide bonds. The van der Waals surface area contributed by atoms with E-state index in [0.717, 1.165) is 19.4 Å². The fourth-order valence-electron chi connectivity index (χ4n) is 9.27. The third kappa shape index (κ3) is 6.91. The van der Waals surface area contributed by atoms with Crippen LogP contribution in [0.4, 0.5) is 0 Å². The highest BCUT2D eigenvalue weighted by molar-refractivity contribution is 6.04. The van der Waals surface area contributed by atoms with E-state index in [1.165, 1.54) is 0 Å². The lowest BCUT2D eigenvalue weighted by Crippen LogP contribution is -2.61. The second-order valence-electron chi connectivity index (χ2n) is 16.3. The molecule has 11 nitrogen and oxygen atoms in total. The van der Waals surface area contributed by atoms with Crippen molar-refractivity contribution in [1.82, 2.24) is 9.80 Å². The van der Waals surface area contributed by atoms with Gasteiger partial charge in [-0.1, -0.05) is 20.8 Å². The first-order chi connectivity index (χ1) is 21.9. The summed E-state index contributed by atoms with van der Waals surface area (Å²) < 4.78 is 32.1. The molecule has 11 heteroatoms. The standard InChI is InChI=1S/C36H60N2O9/c1-11-27-36(8)25(17-28(39)47-36)23(5)38(24-12-13-24)19-20(2)18-35(7)31(46-32-29(40)26(37(9)10)16-21(3)44-32)22(4)30(41)34(6,14-15-43-35)33(42)45-27/h20-27,29,31-32,40H,11-19H2,1-10H3/t20-,21?,22+,23-,25-,26?,27-,29?,31-,32+,34+,35+,36+/m1/s1. The smallest absolute Gasteiger partial charge is 0.319 e. The Hall–Kier alpha value is -1.63. The first kappa shape index (κ1) is 36.6. The zero-order chi connectivity index (χ0) is 34.6. The van der Waals surface area contributed by atoms with Crippen molar-refractivity contribution < 1.29 is 43.2 Å². The summed E-state index contributed by atoms with van der Waals surface area (Å²) in [6, 6.07) is 0.205. The molecule has 0 spiro atoms. The summed E-state index contributed by atoms with van der Waals surface area (Å²) in [5.74, 6) is -2.06. The van der Waals surface area contributed by atoms with Crippen molar-refractivity contribution in [2.24, 2.45) is 23.2 Å². The van der Waals surface area contributed by atoms with Crippen LogP contribution in [-0.4, -0.2) is 120 Å². The maximum atomic E-state index is 14.6. The van der Waals surface area contributed by atoms with Crippen LogP contribution in [0.15, 0.2) is 0 Å². The number of hydrogen-bond donors (Lipinski definition) is 1. The van der Waals surface area contributed by atoms with E-state index in [1.54, 1.807) is 13.8 Å². The zero-order valence-electron chi connectivity index (χ0n) is 30.3. The van der Waals surface area contributed by atoms with Gasteiger partial charge in [0.05, 0.1) is 24.2 Å². The number of hydrogen-bond acceptors (Lipinski definition) is 11. The van der Waals surface area contributed by atoms with E-state index in [1.807, 2.05) is 46.7 Å². The molecule has 1 saturated carbocycles. The Bertz CT molecular complexity index is 1180. The Morgan fingerprint density at radius 2 is 1.74 bits per heavy atom. The molecule has 6 aliphatic rings. The number of esters is 2. The quantitative estimate of drug-likeness (QED) is 0.342. The van der Waals surface area contributed by atoms with Gasteiger partial charge >= 0.3 is 11.9 Å². The molecule has 1 N–H and O–H groups in total. The van der Waals surface area contributed by atoms with E-state index >= 15 is 0 Å². The van der Waals surface area contributed by atoms with Crippen molar-refractivity contribution in [3.8, 4) is 0 Å². The van der Waals surface area contributed by atoms with Crippen LogP contribution in [0, 0.1) is 23.2 Å². The molecule has 47 heavy (non-hydrogen) atoms. The van der Waals surface area contributed by atoms with Crippen molar-refractivity contribution in [2.75, 3.05) is 27.2 Å². The number of carbonyl (C=O) groups is 3. The fraction of sp³-hybridized carbons (Fsp3) is 0.917. The Kier molecular flexibility index (Phi) is 10.6. The van der Waals surface area contributed by atoms with E-state index < -0.39 is 53.1 Å². The number of ketones is 1. The summed E-state index contributed by atoms with van der Waals surface area (Å²) in [5.41, 5.74) is -3.48. The van der Waals surface area contributed by atoms with Gasteiger partial charge in [0.15, 0.2) is 17.7 Å². The summed E-state index contributed by atoms with van der Waals surface area (Å²) in [7, 11) is 3.85. The molecular weight excluding hydrogens is 604 g/mol. The van der Waals surface area contributed by atoms with Crippen LogP contribution < -0.4 is 0 Å². The van der Waals surface area contributed by atoms with Gasteiger partial charge in [-0.15, -0.1) is 0 Å². The van der Waals surface area contributed by atoms with Gasteiger partial charge in [0.2, 0.25) is 0 Å². The molecule has 2 bridgehead atoms. The number of rotatable bonds is 5. The number of likely N-dealkylation sites (N-methyl/N-ethyl adjacent to an activating group) is 1. The lowest BCUT2D eigenvalue weighted by molar-refractivity contribution is -0.300. The minimum absolute atomic E-state index is 0.00851. The van der Waals surface area contributed by atoms with Crippen LogP contribution in [0.25, 0.3) is 0 Å². The molecular formula is C36H60N2O9. The lowest BCUT2D eigenvalue weighted by Gasteiger charge is -2.49. The van der Waals surface area contributed by atoms with E-state index in [0.29, 0.717) is 25.3 Å². The maximum absolute atomic E-state index is 14.6. The number of nitrogens with zero attached hydrogens (tertiary/aromatic N) is 2. The van der Waals surface area contributed by atoms with Gasteiger partial charge in [-0.2, -0.15) is 0 Å². The van der Waals surface area contributed by atoms with Crippen LogP contribution >= 0.6 is 0 Å². The third-order valence-corrected chi connectivity index (χ3v) is 12.2. The molecule has 0 aromatic rings. The molecule has 268 valence electrons. The average Bonchev–Trinajstić information content (AvgIpc) is 3.79. The predicted molar refractivity (Wildman–Crippen MR) is 174 cm³/mol. The summed E-state index contributed by atoms with van der Waals surface area (Å²) >= 11 is 0. The van der Waals surface area contributed by atoms with Gasteiger partial charge in [0.1, 0.15) is 17.6 Å². The lowest BCUT2D eigenvalue weighted by atomic mass is 9.70. The van der Waals surface area contributed by atoms with E-state index in [-0.39, 0.29) is 61.2 Å². The maximum Gasteiger partial charge on any atom is 0.319 e. The Balaban J connectivity index is 1.57. The predicted octanol–water partition coefficient (Wildman–Crippen LogP) is 3.72. The van der Waals surface area contributed by atoms with Crippen molar-refractivity contribution in [3.63, 3.8) is 0 Å². The first-order valence-electron chi connectivity index (χ1n) is 18.0. The molecule has 5 heterocycles. The number of aliphatic hydroxyl groups is 1. The highest BCUT2D eigenvalue weighted by Crippen LogP contribution is 2.47. The Labute approximate surface area is 281 Å². The normalized spacial score (nSPS) is 47.5. The van der Waals surface area contributed by atoms with E-state index in [4.69, 9.17) is 23.7 Å². The van der Waals surface area contributed by atoms with Gasteiger partial charge in [-0.3, -0.25) is 19.3 Å². The van der Waals surface area contributed by atoms with Gasteiger partial charge in [-0.05, 0) is 93.2 Å². The molecule has 13 atom stereocenters. The van der Waals surface area contributed by atoms with Crippen molar-refractivity contribution in [3.05, 3.63) is 0 Å². The minimum atomic E-state index is -1.52. The van der Waals surface area contributed by atoms with Gasteiger partial charge in [0, 0.05) is 43.1 Å². The van der Waals surface area contributed by atoms with Crippen LogP contribution in [0.2, 0.25) is 0 Å². The second-order valence-corrected chi connectivity index (χ2v) is 16.3. The van der Waals surface area contributed by atoms with Gasteiger partial charge in [0.25, 0.3) is 0 Å². The molecule has 5 aliphatic heterocycles. The molecule has 0 radical (unpaired) electrons. The van der Waals surface area contributed by atoms with E-state index in [9.17, 15) is 19.5 Å². The van der Waals surface area contributed by atoms with Gasteiger partial charge < -0.3 is 33.7 Å². The molecule has 1 aliphatic carbocycles. The van der Waals surface area contributed by atoms with Crippen LogP contribution in [0.3, 0.4) is 0 Å². The van der Waals surface area contributed by atoms with Crippen molar-refractivity contribution >= 4 is 17.7 Å². The van der Waals surface area contributed by atoms with Gasteiger partial charge in [-0.25, -0.2) is 0 Å². The van der Waals surface area contributed by atoms with Crippen molar-refractivity contribution in [2.45, 2.75) is 160 Å². The molecule has 6 rings (SSSR count). The highest BCUT2D eigenvalue weighted by atomic mass is 16.7. The summed E-state index contributed by atoms with van der Waals surface area (Å²) in [6.07, 6.45) is 0.607. The fourth-order valence-corrected chi connectivity index (χ4v) is 9.27. The molecule has 0 aromatic heterocycles. The monoisotopic (exact) mass is 664 g/mol. The van der Waals surface area contributed by atoms with Crippen LogP contribution in [0.5, 0.6) is 0 Å². The number of Topliss-reactive ketones (excluding diaryl/α,β-unsaturated/α-hetero) is 1. The topological polar surface area (TPSA) is 124 Å². The third-order valence-electron chi connectivity index (χ3n) is 12.2. The summed E-state index contributed by atoms with van der Waals surface area (Å²) in [6.45, 7) is 16.5. The van der Waals surface area contributed by atoms with Crippen molar-refractivity contribution in [1.29, 1.82) is 0 Å². The number of carbonyl (C=O) groups excluding carboxylic acids is 3. The minimum Gasteiger partial charge on any atom is -0.457 e. The number of fused-ring (bicyclic) bond motifs is 10. The highest BCUT2D eigenvalue weighted by Gasteiger charge is 2.59. The molecule has 3 unspecified atom stereocenters. The number of aliphatic hydroxyl groups excluding tert-OH is 1. The largest absolute Gasteiger partial charge is 0.457 e. The van der Waals surface area contributed by atoms with Crippen LogP contribution in [-0.2, 0) is 38.1 Å². The summed E-state index contributed by atoms with van der Waals surface area (Å²) in [5, 5.41) is 11.4. The SMILES string of the molecule is CC[C@H]1OC(=O)[C@@]2(C)CCO[C@@](C)(C[C@@H](C)CN(C3CC3)[C@H](C)[C@H]3CC(=O)O[C@@]31C)[C@H](O[C@@H]1OC(C)CC(N(C)C)C1O)[C@@H](C)C2=O. The molecule has 6 fully saturated rings. The van der Waals surface area contributed by atoms with E-state index in [2.05, 4.69) is 18.7 Å². The number of ether oxygens (including phenoxy) is 5. The second kappa shape index (κ2) is 13.6. The first-order valence-corrected chi connectivity index (χ1v) is 18.0. The Morgan fingerprint density at radius 1 is 1.06 bits per heavy atom.